The van der Waals surface area contributed by atoms with Crippen LogP contribution < -0.4 is 10.9 Å². The van der Waals surface area contributed by atoms with Gasteiger partial charge in [0.05, 0.1) is 18.3 Å². The lowest BCUT2D eigenvalue weighted by Gasteiger charge is -2.03. The molecule has 0 aliphatic heterocycles. The molecule has 3 rings (SSSR count). The standard InChI is InChI=1S/C14H10BrN3O2S/c15-9-3-1-8(2-4-9)12(19)16-6-10-5-11-13(20)17-7-18-14(11)21-10/h1-5,7H,6H2,(H,16,19)(H,17,18,20). The van der Waals surface area contributed by atoms with Gasteiger partial charge in [0.1, 0.15) is 4.83 Å². The maximum absolute atomic E-state index is 12.0. The Morgan fingerprint density at radius 2 is 2.10 bits per heavy atom. The summed E-state index contributed by atoms with van der Waals surface area (Å²) in [5, 5.41) is 3.38. The van der Waals surface area contributed by atoms with Crippen LogP contribution in [0.3, 0.4) is 0 Å². The van der Waals surface area contributed by atoms with Crippen LogP contribution in [0.4, 0.5) is 0 Å². The van der Waals surface area contributed by atoms with E-state index < -0.39 is 0 Å². The molecule has 2 N–H and O–H groups in total. The van der Waals surface area contributed by atoms with Crippen molar-refractivity contribution in [2.45, 2.75) is 6.54 Å². The van der Waals surface area contributed by atoms with Crippen LogP contribution in [0.1, 0.15) is 15.2 Å². The van der Waals surface area contributed by atoms with Crippen LogP contribution in [-0.4, -0.2) is 15.9 Å². The van der Waals surface area contributed by atoms with Gasteiger partial charge in [-0.1, -0.05) is 15.9 Å². The van der Waals surface area contributed by atoms with Gasteiger partial charge in [-0.15, -0.1) is 11.3 Å². The number of thiophene rings is 1. The molecular weight excluding hydrogens is 354 g/mol. The summed E-state index contributed by atoms with van der Waals surface area (Å²) in [6.45, 7) is 0.370. The van der Waals surface area contributed by atoms with Crippen LogP contribution in [0.5, 0.6) is 0 Å². The number of nitrogens with one attached hydrogen (secondary N) is 2. The summed E-state index contributed by atoms with van der Waals surface area (Å²) in [5.41, 5.74) is 0.428. The molecule has 0 saturated heterocycles. The summed E-state index contributed by atoms with van der Waals surface area (Å²) >= 11 is 4.72. The van der Waals surface area contributed by atoms with Crippen LogP contribution in [0.25, 0.3) is 10.2 Å². The van der Waals surface area contributed by atoms with E-state index in [4.69, 9.17) is 0 Å². The average molecular weight is 364 g/mol. The van der Waals surface area contributed by atoms with E-state index in [0.717, 1.165) is 9.35 Å². The minimum Gasteiger partial charge on any atom is -0.347 e. The quantitative estimate of drug-likeness (QED) is 0.750. The van der Waals surface area contributed by atoms with Crippen molar-refractivity contribution < 1.29 is 4.79 Å². The van der Waals surface area contributed by atoms with Crippen molar-refractivity contribution >= 4 is 43.4 Å². The predicted octanol–water partition coefficient (Wildman–Crippen LogP) is 2.68. The minimum atomic E-state index is -0.165. The molecule has 5 nitrogen and oxygen atoms in total. The minimum absolute atomic E-state index is 0.151. The van der Waals surface area contributed by atoms with Crippen molar-refractivity contribution in [2.24, 2.45) is 0 Å². The number of fused-ring (bicyclic) bond motifs is 1. The maximum Gasteiger partial charge on any atom is 0.259 e. The molecule has 0 spiro atoms. The van der Waals surface area contributed by atoms with Crippen molar-refractivity contribution in [1.82, 2.24) is 15.3 Å². The second-order valence-corrected chi connectivity index (χ2v) is 6.38. The highest BCUT2D eigenvalue weighted by atomic mass is 79.9. The van der Waals surface area contributed by atoms with E-state index in [2.05, 4.69) is 31.2 Å². The number of benzene rings is 1. The number of aromatic nitrogens is 2. The molecule has 0 aliphatic carbocycles. The molecule has 0 unspecified atom stereocenters. The van der Waals surface area contributed by atoms with Gasteiger partial charge in [0, 0.05) is 14.9 Å². The fourth-order valence-corrected chi connectivity index (χ4v) is 3.08. The number of carbonyl (C=O) groups is 1. The largest absolute Gasteiger partial charge is 0.347 e. The Kier molecular flexibility index (Phi) is 3.85. The van der Waals surface area contributed by atoms with Crippen LogP contribution >= 0.6 is 27.3 Å². The van der Waals surface area contributed by atoms with Crippen molar-refractivity contribution in [3.63, 3.8) is 0 Å². The molecule has 0 atom stereocenters. The molecule has 0 fully saturated rings. The Bertz CT molecular complexity index is 855. The van der Waals surface area contributed by atoms with Crippen molar-refractivity contribution in [3.8, 4) is 0 Å². The van der Waals surface area contributed by atoms with Gasteiger partial charge in [-0.2, -0.15) is 0 Å². The number of nitrogens with zero attached hydrogens (tertiary/aromatic N) is 1. The molecule has 0 bridgehead atoms. The van der Waals surface area contributed by atoms with Gasteiger partial charge in [-0.25, -0.2) is 4.98 Å². The van der Waals surface area contributed by atoms with E-state index in [1.807, 2.05) is 12.1 Å². The second kappa shape index (κ2) is 5.79. The van der Waals surface area contributed by atoms with Gasteiger partial charge in [-0.05, 0) is 30.3 Å². The lowest BCUT2D eigenvalue weighted by atomic mass is 10.2. The van der Waals surface area contributed by atoms with Crippen molar-refractivity contribution in [3.05, 3.63) is 61.9 Å². The molecular formula is C14H10BrN3O2S. The number of aromatic amines is 1. The number of halogens is 1. The van der Waals surface area contributed by atoms with E-state index in [1.54, 1.807) is 18.2 Å². The Labute approximate surface area is 132 Å². The van der Waals surface area contributed by atoms with E-state index in [0.29, 0.717) is 22.3 Å². The molecule has 1 amide bonds. The summed E-state index contributed by atoms with van der Waals surface area (Å²) in [6.07, 6.45) is 1.38. The van der Waals surface area contributed by atoms with E-state index in [1.165, 1.54) is 17.7 Å². The first kappa shape index (κ1) is 14.0. The van der Waals surface area contributed by atoms with E-state index in [9.17, 15) is 9.59 Å². The van der Waals surface area contributed by atoms with Crippen LogP contribution in [0.15, 0.2) is 45.9 Å². The molecule has 2 heterocycles. The number of rotatable bonds is 3. The summed E-state index contributed by atoms with van der Waals surface area (Å²) in [4.78, 5) is 31.8. The lowest BCUT2D eigenvalue weighted by molar-refractivity contribution is 0.0951. The third-order valence-electron chi connectivity index (χ3n) is 2.92. The normalized spacial score (nSPS) is 10.7. The highest BCUT2D eigenvalue weighted by molar-refractivity contribution is 9.10. The molecule has 7 heteroatoms. The molecule has 0 radical (unpaired) electrons. The number of H-pyrrole nitrogens is 1. The Morgan fingerprint density at radius 1 is 1.33 bits per heavy atom. The molecule has 0 saturated carbocycles. The number of hydrogen-bond donors (Lipinski definition) is 2. The van der Waals surface area contributed by atoms with Gasteiger partial charge in [0.15, 0.2) is 0 Å². The summed E-state index contributed by atoms with van der Waals surface area (Å²) in [7, 11) is 0. The van der Waals surface area contributed by atoms with Crippen LogP contribution in [-0.2, 0) is 6.54 Å². The van der Waals surface area contributed by atoms with Gasteiger partial charge in [0.25, 0.3) is 11.5 Å². The summed E-state index contributed by atoms with van der Waals surface area (Å²) in [5.74, 6) is -0.151. The number of carbonyl (C=O) groups excluding carboxylic acids is 1. The maximum atomic E-state index is 12.0. The molecule has 106 valence electrons. The topological polar surface area (TPSA) is 74.8 Å². The second-order valence-electron chi connectivity index (χ2n) is 4.35. The highest BCUT2D eigenvalue weighted by Gasteiger charge is 2.08. The highest BCUT2D eigenvalue weighted by Crippen LogP contribution is 2.20. The van der Waals surface area contributed by atoms with E-state index in [-0.39, 0.29) is 11.5 Å². The monoisotopic (exact) mass is 363 g/mol. The first-order valence-corrected chi connectivity index (χ1v) is 7.74. The molecule has 0 aliphatic rings. The molecule has 1 aromatic carbocycles. The lowest BCUT2D eigenvalue weighted by Crippen LogP contribution is -2.22. The zero-order chi connectivity index (χ0) is 14.8. The number of hydrogen-bond acceptors (Lipinski definition) is 4. The Balaban J connectivity index is 1.74. The third-order valence-corrected chi connectivity index (χ3v) is 4.49. The van der Waals surface area contributed by atoms with Gasteiger partial charge in [-0.3, -0.25) is 9.59 Å². The first-order chi connectivity index (χ1) is 10.1. The van der Waals surface area contributed by atoms with Crippen molar-refractivity contribution in [1.29, 1.82) is 0 Å². The van der Waals surface area contributed by atoms with Crippen LogP contribution in [0.2, 0.25) is 0 Å². The molecule has 21 heavy (non-hydrogen) atoms. The third kappa shape index (κ3) is 3.03. The zero-order valence-corrected chi connectivity index (χ0v) is 13.1. The molecule has 3 aromatic rings. The average Bonchev–Trinajstić information content (AvgIpc) is 2.90. The fraction of sp³-hybridized carbons (Fsp3) is 0.0714. The van der Waals surface area contributed by atoms with Gasteiger partial charge < -0.3 is 10.3 Å². The first-order valence-electron chi connectivity index (χ1n) is 6.13. The zero-order valence-electron chi connectivity index (χ0n) is 10.7. The predicted molar refractivity (Wildman–Crippen MR) is 85.6 cm³/mol. The summed E-state index contributed by atoms with van der Waals surface area (Å²) in [6, 6.07) is 8.89. The fourth-order valence-electron chi connectivity index (χ4n) is 1.88. The number of amides is 1. The summed E-state index contributed by atoms with van der Waals surface area (Å²) < 4.78 is 0.925. The van der Waals surface area contributed by atoms with Gasteiger partial charge in [0.2, 0.25) is 0 Å². The van der Waals surface area contributed by atoms with Crippen molar-refractivity contribution in [2.75, 3.05) is 0 Å². The molecule has 2 aromatic heterocycles. The van der Waals surface area contributed by atoms with Crippen LogP contribution in [0, 0.1) is 0 Å². The van der Waals surface area contributed by atoms with Gasteiger partial charge >= 0.3 is 0 Å². The van der Waals surface area contributed by atoms with E-state index >= 15 is 0 Å². The smallest absolute Gasteiger partial charge is 0.259 e. The Hall–Kier alpha value is -1.99. The SMILES string of the molecule is O=C(NCc1cc2c(=O)[nH]cnc2s1)c1ccc(Br)cc1. The Morgan fingerprint density at radius 3 is 2.81 bits per heavy atom.